The third kappa shape index (κ3) is 3.71. The lowest BCUT2D eigenvalue weighted by molar-refractivity contribution is -0.0682. The Morgan fingerprint density at radius 1 is 1.30 bits per heavy atom. The van der Waals surface area contributed by atoms with E-state index < -0.39 is 0 Å². The molecule has 0 spiro atoms. The number of carbonyl (C=O) groups excluding carboxylic acids is 1. The zero-order chi connectivity index (χ0) is 19.0. The van der Waals surface area contributed by atoms with Gasteiger partial charge in [-0.1, -0.05) is 20.3 Å². The van der Waals surface area contributed by atoms with Crippen LogP contribution < -0.4 is 0 Å². The van der Waals surface area contributed by atoms with E-state index in [1.165, 1.54) is 45.1 Å². The quantitative estimate of drug-likeness (QED) is 0.880. The van der Waals surface area contributed by atoms with E-state index in [-0.39, 0.29) is 17.4 Å². The van der Waals surface area contributed by atoms with Crippen LogP contribution in [0.1, 0.15) is 62.9 Å². The maximum Gasteiger partial charge on any atom is 0.276 e. The van der Waals surface area contributed by atoms with Crippen LogP contribution in [0.25, 0.3) is 0 Å². The fourth-order valence-corrected chi connectivity index (χ4v) is 5.69. The molecule has 3 aliphatic heterocycles. The maximum absolute atomic E-state index is 13.1. The van der Waals surface area contributed by atoms with Crippen molar-refractivity contribution in [2.75, 3.05) is 19.6 Å². The summed E-state index contributed by atoms with van der Waals surface area (Å²) in [5.74, 6) is 1.72. The van der Waals surface area contributed by atoms with E-state index in [1.807, 2.05) is 4.90 Å². The van der Waals surface area contributed by atoms with Crippen LogP contribution in [0.15, 0.2) is 18.3 Å². The van der Waals surface area contributed by atoms with Gasteiger partial charge in [0, 0.05) is 31.4 Å². The molecule has 2 bridgehead atoms. The zero-order valence-corrected chi connectivity index (χ0v) is 16.7. The van der Waals surface area contributed by atoms with E-state index in [0.717, 1.165) is 19.0 Å². The van der Waals surface area contributed by atoms with Gasteiger partial charge in [0.1, 0.15) is 5.75 Å². The molecule has 0 radical (unpaired) electrons. The van der Waals surface area contributed by atoms with Crippen LogP contribution in [-0.2, 0) is 0 Å². The van der Waals surface area contributed by atoms with Crippen LogP contribution in [0.5, 0.6) is 5.75 Å². The number of pyridine rings is 1. The van der Waals surface area contributed by atoms with Gasteiger partial charge in [0.15, 0.2) is 5.69 Å². The summed E-state index contributed by atoms with van der Waals surface area (Å²) < 4.78 is 0. The second-order valence-corrected chi connectivity index (χ2v) is 9.18. The molecule has 0 aromatic carbocycles. The van der Waals surface area contributed by atoms with Crippen LogP contribution in [0.4, 0.5) is 0 Å². The van der Waals surface area contributed by atoms with Gasteiger partial charge < -0.3 is 10.0 Å². The summed E-state index contributed by atoms with van der Waals surface area (Å²) in [4.78, 5) is 22.0. The first-order valence-corrected chi connectivity index (χ1v) is 10.7. The number of nitrogens with zero attached hydrogens (tertiary/aromatic N) is 3. The lowest BCUT2D eigenvalue weighted by Crippen LogP contribution is -2.64. The van der Waals surface area contributed by atoms with E-state index in [9.17, 15) is 9.90 Å². The van der Waals surface area contributed by atoms with Crippen molar-refractivity contribution in [2.24, 2.45) is 17.8 Å². The first kappa shape index (κ1) is 18.7. The highest BCUT2D eigenvalue weighted by Gasteiger charge is 2.47. The van der Waals surface area contributed by atoms with Crippen molar-refractivity contribution in [1.82, 2.24) is 14.8 Å². The Hall–Kier alpha value is -1.62. The number of amides is 1. The van der Waals surface area contributed by atoms with E-state index in [0.29, 0.717) is 23.9 Å². The van der Waals surface area contributed by atoms with Gasteiger partial charge in [0.25, 0.3) is 5.91 Å². The van der Waals surface area contributed by atoms with Crippen molar-refractivity contribution < 1.29 is 9.90 Å². The summed E-state index contributed by atoms with van der Waals surface area (Å²) >= 11 is 0. The van der Waals surface area contributed by atoms with E-state index in [1.54, 1.807) is 18.3 Å². The number of fused-ring (bicyclic) bond motifs is 4. The minimum Gasteiger partial charge on any atom is -0.505 e. The lowest BCUT2D eigenvalue weighted by atomic mass is 9.71. The van der Waals surface area contributed by atoms with Gasteiger partial charge in [0.2, 0.25) is 0 Å². The number of likely N-dealkylation sites (tertiary alicyclic amines) is 1. The van der Waals surface area contributed by atoms with Gasteiger partial charge in [0.05, 0.1) is 0 Å². The van der Waals surface area contributed by atoms with Gasteiger partial charge in [-0.15, -0.1) is 0 Å². The molecule has 5 nitrogen and oxygen atoms in total. The largest absolute Gasteiger partial charge is 0.505 e. The average molecular weight is 372 g/mol. The minimum atomic E-state index is -0.102. The Morgan fingerprint density at radius 3 is 2.89 bits per heavy atom. The summed E-state index contributed by atoms with van der Waals surface area (Å²) in [6.07, 6.45) is 9.24. The number of piperidine rings is 3. The number of aromatic hydroxyl groups is 1. The molecule has 4 heterocycles. The molecule has 148 valence electrons. The van der Waals surface area contributed by atoms with Crippen molar-refractivity contribution >= 4 is 5.91 Å². The van der Waals surface area contributed by atoms with E-state index in [2.05, 4.69) is 23.7 Å². The molecule has 1 N–H and O–H groups in total. The topological polar surface area (TPSA) is 56.7 Å². The molecule has 0 aliphatic carbocycles. The molecule has 5 heteroatoms. The Bertz CT molecular complexity index is 677. The van der Waals surface area contributed by atoms with E-state index in [4.69, 9.17) is 0 Å². The van der Waals surface area contributed by atoms with Crippen LogP contribution in [0.3, 0.4) is 0 Å². The second-order valence-electron chi connectivity index (χ2n) is 9.18. The fourth-order valence-electron chi connectivity index (χ4n) is 5.69. The van der Waals surface area contributed by atoms with Gasteiger partial charge in [-0.3, -0.25) is 9.69 Å². The van der Waals surface area contributed by atoms with Crippen molar-refractivity contribution in [3.8, 4) is 5.75 Å². The Labute approximate surface area is 162 Å². The summed E-state index contributed by atoms with van der Waals surface area (Å²) in [7, 11) is 0. The first-order valence-electron chi connectivity index (χ1n) is 10.7. The highest BCUT2D eigenvalue weighted by atomic mass is 16.3. The van der Waals surface area contributed by atoms with E-state index >= 15 is 0 Å². The Morgan fingerprint density at radius 2 is 2.11 bits per heavy atom. The molecule has 3 saturated heterocycles. The lowest BCUT2D eigenvalue weighted by Gasteiger charge is -2.57. The molecule has 27 heavy (non-hydrogen) atoms. The zero-order valence-electron chi connectivity index (χ0n) is 16.7. The smallest absolute Gasteiger partial charge is 0.276 e. The van der Waals surface area contributed by atoms with Crippen LogP contribution in [-0.4, -0.2) is 57.5 Å². The normalized spacial score (nSPS) is 31.0. The average Bonchev–Trinajstić information content (AvgIpc) is 2.67. The number of aromatic nitrogens is 1. The molecular weight excluding hydrogens is 338 g/mol. The Kier molecular flexibility index (Phi) is 5.40. The number of rotatable bonds is 4. The summed E-state index contributed by atoms with van der Waals surface area (Å²) in [5.41, 5.74) is 0.205. The standard InChI is InChI=1S/C22H33N3O2/c1-15(2)8-9-19-17-12-16(18-6-3-4-11-25(18)19)13-24(14-17)22(27)21-20(26)7-5-10-23-21/h5,7,10,15-19,26H,3-4,6,8-9,11-14H2,1-2H3/t16-,17+,18+,19+/m1/s1. The molecule has 4 atom stereocenters. The third-order valence-electron chi connectivity index (χ3n) is 6.94. The fraction of sp³-hybridized carbons (Fsp3) is 0.727. The molecule has 3 aliphatic rings. The predicted molar refractivity (Wildman–Crippen MR) is 106 cm³/mol. The minimum absolute atomic E-state index is 0.00566. The van der Waals surface area contributed by atoms with Crippen molar-refractivity contribution in [2.45, 2.75) is 64.5 Å². The number of hydrogen-bond acceptors (Lipinski definition) is 4. The molecule has 3 fully saturated rings. The van der Waals surface area contributed by atoms with Crippen LogP contribution >= 0.6 is 0 Å². The molecule has 0 unspecified atom stereocenters. The van der Waals surface area contributed by atoms with Crippen molar-refractivity contribution in [3.05, 3.63) is 24.0 Å². The van der Waals surface area contributed by atoms with Gasteiger partial charge in [-0.25, -0.2) is 4.98 Å². The highest BCUT2D eigenvalue weighted by molar-refractivity contribution is 5.94. The number of carbonyl (C=O) groups is 1. The summed E-state index contributed by atoms with van der Waals surface area (Å²) in [6.45, 7) is 7.45. The first-order chi connectivity index (χ1) is 13.0. The van der Waals surface area contributed by atoms with Crippen LogP contribution in [0.2, 0.25) is 0 Å². The van der Waals surface area contributed by atoms with Gasteiger partial charge >= 0.3 is 0 Å². The molecule has 4 rings (SSSR count). The predicted octanol–water partition coefficient (Wildman–Crippen LogP) is 3.54. The Balaban J connectivity index is 1.56. The van der Waals surface area contributed by atoms with Crippen molar-refractivity contribution in [1.29, 1.82) is 0 Å². The third-order valence-corrected chi connectivity index (χ3v) is 6.94. The molecular formula is C22H33N3O2. The summed E-state index contributed by atoms with van der Waals surface area (Å²) in [6, 6.07) is 4.44. The second kappa shape index (κ2) is 7.78. The van der Waals surface area contributed by atoms with Crippen LogP contribution in [0, 0.1) is 17.8 Å². The van der Waals surface area contributed by atoms with Gasteiger partial charge in [-0.2, -0.15) is 0 Å². The number of hydrogen-bond donors (Lipinski definition) is 1. The molecule has 1 amide bonds. The monoisotopic (exact) mass is 371 g/mol. The molecule has 1 aromatic rings. The maximum atomic E-state index is 13.1. The molecule has 0 saturated carbocycles. The highest BCUT2D eigenvalue weighted by Crippen LogP contribution is 2.43. The van der Waals surface area contributed by atoms with Crippen molar-refractivity contribution in [3.63, 3.8) is 0 Å². The summed E-state index contributed by atoms with van der Waals surface area (Å²) in [5, 5.41) is 10.1. The SMILES string of the molecule is CC(C)CC[C@H]1[C@H]2C[C@H](CN(C(=O)c3ncccc3O)C2)[C@@H]2CCCCN21. The molecule has 1 aromatic heterocycles. The van der Waals surface area contributed by atoms with Gasteiger partial charge in [-0.05, 0) is 68.5 Å².